The molecular weight excluding hydrogens is 406 g/mol. The lowest BCUT2D eigenvalue weighted by atomic mass is 9.98. The number of likely N-dealkylation sites (tertiary alicyclic amines) is 1. The van der Waals surface area contributed by atoms with Gasteiger partial charge in [0.2, 0.25) is 0 Å². The van der Waals surface area contributed by atoms with Crippen LogP contribution in [-0.2, 0) is 15.9 Å². The van der Waals surface area contributed by atoms with Crippen molar-refractivity contribution in [3.05, 3.63) is 81.5 Å². The number of thiophene rings is 1. The van der Waals surface area contributed by atoms with Crippen molar-refractivity contribution >= 4 is 17.4 Å². The number of amides is 1. The fourth-order valence-electron chi connectivity index (χ4n) is 5.47. The lowest BCUT2D eigenvalue weighted by Crippen LogP contribution is -2.41. The topological polar surface area (TPSA) is 38.8 Å². The summed E-state index contributed by atoms with van der Waals surface area (Å²) in [7, 11) is 0. The Morgan fingerprint density at radius 3 is 2.58 bits per heavy atom. The Labute approximate surface area is 186 Å². The van der Waals surface area contributed by atoms with E-state index >= 15 is 0 Å². The number of carbonyl (C=O) groups excluding carboxylic acids is 1. The molecule has 0 radical (unpaired) electrons. The molecule has 1 amide bonds. The summed E-state index contributed by atoms with van der Waals surface area (Å²) < 4.78 is 12.1. The Bertz CT molecular complexity index is 1080. The zero-order valence-electron chi connectivity index (χ0n) is 17.3. The molecule has 5 heteroatoms. The van der Waals surface area contributed by atoms with Gasteiger partial charge in [0.25, 0.3) is 0 Å². The van der Waals surface area contributed by atoms with E-state index in [1.165, 1.54) is 32.7 Å². The minimum atomic E-state index is -0.211. The Hall–Kier alpha value is -2.63. The van der Waals surface area contributed by atoms with Gasteiger partial charge in [-0.25, -0.2) is 4.79 Å². The molecule has 1 aromatic heterocycles. The summed E-state index contributed by atoms with van der Waals surface area (Å²) in [6.07, 6.45) is 2.69. The fraction of sp³-hybridized carbons (Fsp3) is 0.346. The highest BCUT2D eigenvalue weighted by atomic mass is 32.1. The summed E-state index contributed by atoms with van der Waals surface area (Å²) in [6, 6.07) is 19.2. The van der Waals surface area contributed by atoms with Crippen molar-refractivity contribution in [2.75, 3.05) is 19.8 Å². The SMILES string of the molecule is O=C(OCC1c2ccccc2-c2ccccc21)N1CCC[C@H]1[C@H]1OCCc2ccsc21. The number of hydrogen-bond donors (Lipinski definition) is 0. The zero-order valence-corrected chi connectivity index (χ0v) is 18.1. The van der Waals surface area contributed by atoms with Gasteiger partial charge in [0.05, 0.1) is 12.6 Å². The molecule has 1 saturated heterocycles. The zero-order chi connectivity index (χ0) is 20.8. The molecule has 0 unspecified atom stereocenters. The third kappa shape index (κ3) is 3.19. The Morgan fingerprint density at radius 2 is 1.81 bits per heavy atom. The first-order valence-corrected chi connectivity index (χ1v) is 12.0. The quantitative estimate of drug-likeness (QED) is 0.528. The van der Waals surface area contributed by atoms with Gasteiger partial charge >= 0.3 is 6.09 Å². The number of carbonyl (C=O) groups is 1. The number of benzene rings is 2. The highest BCUT2D eigenvalue weighted by Gasteiger charge is 2.40. The van der Waals surface area contributed by atoms with Crippen molar-refractivity contribution in [2.24, 2.45) is 0 Å². The van der Waals surface area contributed by atoms with Gasteiger partial charge in [0.15, 0.2) is 0 Å². The number of fused-ring (bicyclic) bond motifs is 4. The molecule has 0 saturated carbocycles. The smallest absolute Gasteiger partial charge is 0.410 e. The number of nitrogens with zero attached hydrogens (tertiary/aromatic N) is 1. The van der Waals surface area contributed by atoms with Crippen LogP contribution in [0.2, 0.25) is 0 Å². The summed E-state index contributed by atoms with van der Waals surface area (Å²) in [6.45, 7) is 1.83. The molecular formula is C26H25NO3S. The first-order valence-electron chi connectivity index (χ1n) is 11.1. The average Bonchev–Trinajstić information content (AvgIpc) is 3.54. The van der Waals surface area contributed by atoms with Crippen molar-refractivity contribution < 1.29 is 14.3 Å². The molecule has 1 aliphatic carbocycles. The third-order valence-electron chi connectivity index (χ3n) is 6.93. The van der Waals surface area contributed by atoms with Crippen LogP contribution in [0.1, 0.15) is 46.4 Å². The van der Waals surface area contributed by atoms with Crippen molar-refractivity contribution in [1.29, 1.82) is 0 Å². The van der Waals surface area contributed by atoms with Crippen LogP contribution in [-0.4, -0.2) is 36.8 Å². The standard InChI is InChI=1S/C26H25NO3S/c28-26(27-13-5-10-23(27)24-25-17(11-14-29-24)12-15-31-25)30-16-22-20-8-3-1-6-18(20)19-7-2-4-9-21(19)22/h1-4,6-9,12,15,22-24H,5,10-11,13-14,16H2/t23-,24+/m0/s1. The second-order valence-corrected chi connectivity index (χ2v) is 9.51. The van der Waals surface area contributed by atoms with E-state index in [0.29, 0.717) is 6.61 Å². The third-order valence-corrected chi connectivity index (χ3v) is 7.95. The monoisotopic (exact) mass is 431 g/mol. The molecule has 3 aromatic rings. The number of hydrogen-bond acceptors (Lipinski definition) is 4. The molecule has 3 aliphatic rings. The summed E-state index contributed by atoms with van der Waals surface area (Å²) in [4.78, 5) is 16.4. The molecule has 1 fully saturated rings. The maximum Gasteiger partial charge on any atom is 0.410 e. The molecule has 2 aliphatic heterocycles. The summed E-state index contributed by atoms with van der Waals surface area (Å²) in [5.74, 6) is 0.0900. The van der Waals surface area contributed by atoms with E-state index in [2.05, 4.69) is 60.0 Å². The minimum absolute atomic E-state index is 0.0215. The Kier molecular flexibility index (Phi) is 4.81. The van der Waals surface area contributed by atoms with Gasteiger partial charge in [-0.15, -0.1) is 11.3 Å². The molecule has 31 heavy (non-hydrogen) atoms. The minimum Gasteiger partial charge on any atom is -0.448 e. The Balaban J connectivity index is 1.20. The molecule has 0 N–H and O–H groups in total. The van der Waals surface area contributed by atoms with E-state index in [1.807, 2.05) is 4.90 Å². The van der Waals surface area contributed by atoms with Crippen LogP contribution >= 0.6 is 11.3 Å². The van der Waals surface area contributed by atoms with Crippen LogP contribution in [0.25, 0.3) is 11.1 Å². The predicted molar refractivity (Wildman–Crippen MR) is 122 cm³/mol. The molecule has 158 valence electrons. The largest absolute Gasteiger partial charge is 0.448 e. The van der Waals surface area contributed by atoms with Gasteiger partial charge < -0.3 is 14.4 Å². The van der Waals surface area contributed by atoms with E-state index in [9.17, 15) is 4.79 Å². The maximum absolute atomic E-state index is 13.2. The molecule has 3 heterocycles. The molecule has 0 bridgehead atoms. The highest BCUT2D eigenvalue weighted by Crippen LogP contribution is 2.45. The van der Waals surface area contributed by atoms with E-state index in [0.717, 1.165) is 32.4 Å². The van der Waals surface area contributed by atoms with Gasteiger partial charge in [-0.2, -0.15) is 0 Å². The van der Waals surface area contributed by atoms with Crippen LogP contribution in [0.3, 0.4) is 0 Å². The molecule has 6 rings (SSSR count). The fourth-order valence-corrected chi connectivity index (χ4v) is 6.53. The number of ether oxygens (including phenoxy) is 2. The second kappa shape index (κ2) is 7.81. The van der Waals surface area contributed by atoms with E-state index in [-0.39, 0.29) is 24.2 Å². The molecule has 2 atom stereocenters. The summed E-state index contributed by atoms with van der Waals surface area (Å²) >= 11 is 1.75. The van der Waals surface area contributed by atoms with Gasteiger partial charge in [0.1, 0.15) is 12.7 Å². The lowest BCUT2D eigenvalue weighted by molar-refractivity contribution is -0.0103. The van der Waals surface area contributed by atoms with Crippen LogP contribution in [0.5, 0.6) is 0 Å². The molecule has 0 spiro atoms. The van der Waals surface area contributed by atoms with Gasteiger partial charge in [0, 0.05) is 17.3 Å². The first kappa shape index (κ1) is 19.1. The Morgan fingerprint density at radius 1 is 1.06 bits per heavy atom. The highest BCUT2D eigenvalue weighted by molar-refractivity contribution is 7.10. The molecule has 2 aromatic carbocycles. The second-order valence-electron chi connectivity index (χ2n) is 8.56. The normalized spacial score (nSPS) is 22.1. The van der Waals surface area contributed by atoms with Crippen molar-refractivity contribution in [2.45, 2.75) is 37.3 Å². The summed E-state index contributed by atoms with van der Waals surface area (Å²) in [5.41, 5.74) is 6.36. The van der Waals surface area contributed by atoms with Crippen molar-refractivity contribution in [1.82, 2.24) is 4.90 Å². The summed E-state index contributed by atoms with van der Waals surface area (Å²) in [5, 5.41) is 2.14. The maximum atomic E-state index is 13.2. The van der Waals surface area contributed by atoms with Crippen molar-refractivity contribution in [3.8, 4) is 11.1 Å². The van der Waals surface area contributed by atoms with Crippen LogP contribution in [0.4, 0.5) is 4.79 Å². The van der Waals surface area contributed by atoms with E-state index < -0.39 is 0 Å². The average molecular weight is 432 g/mol. The van der Waals surface area contributed by atoms with Gasteiger partial charge in [-0.3, -0.25) is 0 Å². The first-order chi connectivity index (χ1) is 15.3. The van der Waals surface area contributed by atoms with Crippen molar-refractivity contribution in [3.63, 3.8) is 0 Å². The van der Waals surface area contributed by atoms with Gasteiger partial charge in [-0.05, 0) is 58.5 Å². The van der Waals surface area contributed by atoms with Crippen LogP contribution in [0.15, 0.2) is 60.0 Å². The van der Waals surface area contributed by atoms with E-state index in [1.54, 1.807) is 11.3 Å². The number of rotatable bonds is 3. The molecule has 4 nitrogen and oxygen atoms in total. The predicted octanol–water partition coefficient (Wildman–Crippen LogP) is 5.78. The lowest BCUT2D eigenvalue weighted by Gasteiger charge is -2.33. The van der Waals surface area contributed by atoms with Crippen LogP contribution in [0, 0.1) is 0 Å². The van der Waals surface area contributed by atoms with E-state index in [4.69, 9.17) is 9.47 Å². The van der Waals surface area contributed by atoms with Gasteiger partial charge in [-0.1, -0.05) is 48.5 Å². The van der Waals surface area contributed by atoms with Crippen LogP contribution < -0.4 is 0 Å².